The third-order valence-electron chi connectivity index (χ3n) is 4.04. The minimum absolute atomic E-state index is 0.0514. The first-order chi connectivity index (χ1) is 9.25. The van der Waals surface area contributed by atoms with Gasteiger partial charge in [0.15, 0.2) is 5.78 Å². The van der Waals surface area contributed by atoms with Gasteiger partial charge >= 0.3 is 5.69 Å². The Hall–Kier alpha value is -1.36. The van der Waals surface area contributed by atoms with Crippen LogP contribution < -0.4 is 5.69 Å². The second-order valence-electron chi connectivity index (χ2n) is 5.62. The van der Waals surface area contributed by atoms with E-state index >= 15 is 0 Å². The number of hydrogen-bond donors (Lipinski definition) is 0. The molecule has 108 valence electrons. The van der Waals surface area contributed by atoms with Crippen molar-refractivity contribution in [3.63, 3.8) is 0 Å². The van der Waals surface area contributed by atoms with E-state index in [0.717, 1.165) is 15.5 Å². The van der Waals surface area contributed by atoms with Gasteiger partial charge in [-0.05, 0) is 34.0 Å². The molecule has 0 saturated carbocycles. The smallest absolute Gasteiger partial charge is 0.295 e. The van der Waals surface area contributed by atoms with Gasteiger partial charge in [-0.3, -0.25) is 13.9 Å². The molecule has 0 aliphatic rings. The Kier molecular flexibility index (Phi) is 3.91. The largest absolute Gasteiger partial charge is 0.328 e. The molecule has 1 unspecified atom stereocenters. The Morgan fingerprint density at radius 2 is 1.60 bits per heavy atom. The van der Waals surface area contributed by atoms with Crippen molar-refractivity contribution in [3.8, 4) is 0 Å². The normalized spacial score (nSPS) is 13.2. The van der Waals surface area contributed by atoms with Gasteiger partial charge in [-0.15, -0.1) is 0 Å². The summed E-state index contributed by atoms with van der Waals surface area (Å²) in [6.45, 7) is 6.01. The molecule has 0 aliphatic carbocycles. The fourth-order valence-electron chi connectivity index (χ4n) is 2.26. The first kappa shape index (κ1) is 15.0. The summed E-state index contributed by atoms with van der Waals surface area (Å²) in [5.74, 6) is 0.333. The first-order valence-electron chi connectivity index (χ1n) is 6.64. The van der Waals surface area contributed by atoms with Crippen LogP contribution in [0.2, 0.25) is 0 Å². The van der Waals surface area contributed by atoms with Gasteiger partial charge in [-0.25, -0.2) is 4.79 Å². The van der Waals surface area contributed by atoms with Crippen molar-refractivity contribution in [1.29, 1.82) is 0 Å². The number of aryl methyl sites for hydroxylation is 2. The molecule has 2 aromatic rings. The minimum atomic E-state index is -0.0894. The maximum atomic E-state index is 12.5. The third kappa shape index (κ3) is 2.24. The Balaban J connectivity index is 2.68. The molecule has 5 heteroatoms. The molecule has 1 aromatic heterocycles. The van der Waals surface area contributed by atoms with Gasteiger partial charge in [-0.2, -0.15) is 0 Å². The summed E-state index contributed by atoms with van der Waals surface area (Å²) in [4.78, 5) is 24.5. The van der Waals surface area contributed by atoms with E-state index in [9.17, 15) is 9.59 Å². The average Bonchev–Trinajstić information content (AvgIpc) is 2.61. The van der Waals surface area contributed by atoms with Crippen LogP contribution in [-0.2, 0) is 14.1 Å². The summed E-state index contributed by atoms with van der Waals surface area (Å²) in [7, 11) is 3.45. The maximum absolute atomic E-state index is 12.5. The van der Waals surface area contributed by atoms with Crippen molar-refractivity contribution in [1.82, 2.24) is 9.13 Å². The predicted molar refractivity (Wildman–Crippen MR) is 84.2 cm³/mol. The van der Waals surface area contributed by atoms with E-state index < -0.39 is 0 Å². The Morgan fingerprint density at radius 1 is 1.10 bits per heavy atom. The van der Waals surface area contributed by atoms with Gasteiger partial charge in [0.2, 0.25) is 0 Å². The molecule has 0 amide bonds. The SMILES string of the molecule is CC(C)C(C)C(=O)c1cc2c(cc1Br)n(C)c(=O)n2C. The van der Waals surface area contributed by atoms with Crippen LogP contribution in [0.4, 0.5) is 0 Å². The zero-order valence-corrected chi connectivity index (χ0v) is 14.0. The van der Waals surface area contributed by atoms with Crippen LogP contribution in [0.5, 0.6) is 0 Å². The first-order valence-corrected chi connectivity index (χ1v) is 7.44. The van der Waals surface area contributed by atoms with Crippen LogP contribution in [0.15, 0.2) is 21.4 Å². The number of benzene rings is 1. The van der Waals surface area contributed by atoms with Gasteiger partial charge in [0.1, 0.15) is 0 Å². The number of carbonyl (C=O) groups is 1. The van der Waals surface area contributed by atoms with Crippen molar-refractivity contribution < 1.29 is 4.79 Å². The van der Waals surface area contributed by atoms with Crippen LogP contribution in [0.1, 0.15) is 31.1 Å². The van der Waals surface area contributed by atoms with E-state index in [1.165, 1.54) is 0 Å². The second-order valence-corrected chi connectivity index (χ2v) is 6.47. The van der Waals surface area contributed by atoms with Crippen molar-refractivity contribution in [2.75, 3.05) is 0 Å². The molecule has 0 saturated heterocycles. The highest BCUT2D eigenvalue weighted by molar-refractivity contribution is 9.10. The van der Waals surface area contributed by atoms with E-state index in [1.807, 2.05) is 32.9 Å². The van der Waals surface area contributed by atoms with Gasteiger partial charge in [0.05, 0.1) is 11.0 Å². The number of ketones is 1. The maximum Gasteiger partial charge on any atom is 0.328 e. The predicted octanol–water partition coefficient (Wildman–Crippen LogP) is 3.11. The third-order valence-corrected chi connectivity index (χ3v) is 4.70. The van der Waals surface area contributed by atoms with E-state index in [4.69, 9.17) is 0 Å². The summed E-state index contributed by atoms with van der Waals surface area (Å²) < 4.78 is 3.89. The van der Waals surface area contributed by atoms with E-state index in [2.05, 4.69) is 15.9 Å². The number of carbonyl (C=O) groups excluding carboxylic acids is 1. The van der Waals surface area contributed by atoms with E-state index in [-0.39, 0.29) is 23.3 Å². The Labute approximate surface area is 126 Å². The number of rotatable bonds is 3. The van der Waals surface area contributed by atoms with Crippen molar-refractivity contribution >= 4 is 32.7 Å². The number of imidazole rings is 1. The molecule has 2 rings (SSSR count). The molecule has 4 nitrogen and oxygen atoms in total. The summed E-state index contributed by atoms with van der Waals surface area (Å²) in [5, 5.41) is 0. The number of hydrogen-bond acceptors (Lipinski definition) is 2. The van der Waals surface area contributed by atoms with E-state index in [1.54, 1.807) is 23.2 Å². The number of halogens is 1. The molecule has 0 N–H and O–H groups in total. The molecule has 0 fully saturated rings. The molecule has 20 heavy (non-hydrogen) atoms. The highest BCUT2D eigenvalue weighted by atomic mass is 79.9. The fraction of sp³-hybridized carbons (Fsp3) is 0.467. The lowest BCUT2D eigenvalue weighted by molar-refractivity contribution is 0.0899. The summed E-state index contributed by atoms with van der Waals surface area (Å²) in [6, 6.07) is 3.65. The number of Topliss-reactive ketones (excluding diaryl/α,β-unsaturated/α-hetero) is 1. The summed E-state index contributed by atoms with van der Waals surface area (Å²) in [5.41, 5.74) is 2.14. The lowest BCUT2D eigenvalue weighted by atomic mass is 9.89. The monoisotopic (exact) mass is 338 g/mol. The number of fused-ring (bicyclic) bond motifs is 1. The van der Waals surface area contributed by atoms with Crippen LogP contribution in [0.3, 0.4) is 0 Å². The molecular weight excluding hydrogens is 320 g/mol. The lowest BCUT2D eigenvalue weighted by Crippen LogP contribution is -2.19. The van der Waals surface area contributed by atoms with Crippen LogP contribution in [0, 0.1) is 11.8 Å². The number of nitrogens with zero attached hydrogens (tertiary/aromatic N) is 2. The van der Waals surface area contributed by atoms with Gasteiger partial charge < -0.3 is 0 Å². The van der Waals surface area contributed by atoms with Gasteiger partial charge in [-0.1, -0.05) is 20.8 Å². The Bertz CT molecular complexity index is 740. The molecule has 1 aromatic carbocycles. The molecule has 1 heterocycles. The quantitative estimate of drug-likeness (QED) is 0.807. The topological polar surface area (TPSA) is 44.0 Å². The second kappa shape index (κ2) is 5.20. The molecular formula is C15H19BrN2O2. The highest BCUT2D eigenvalue weighted by Gasteiger charge is 2.22. The molecule has 1 atom stereocenters. The highest BCUT2D eigenvalue weighted by Crippen LogP contribution is 2.27. The van der Waals surface area contributed by atoms with Gasteiger partial charge in [0.25, 0.3) is 0 Å². The average molecular weight is 339 g/mol. The summed E-state index contributed by atoms with van der Waals surface area (Å²) in [6.07, 6.45) is 0. The fourth-order valence-corrected chi connectivity index (χ4v) is 2.78. The summed E-state index contributed by atoms with van der Waals surface area (Å²) >= 11 is 3.46. The zero-order valence-electron chi connectivity index (χ0n) is 12.4. The molecule has 0 radical (unpaired) electrons. The van der Waals surface area contributed by atoms with Crippen molar-refractivity contribution in [3.05, 3.63) is 32.7 Å². The number of aromatic nitrogens is 2. The van der Waals surface area contributed by atoms with E-state index in [0.29, 0.717) is 5.56 Å². The van der Waals surface area contributed by atoms with Crippen molar-refractivity contribution in [2.45, 2.75) is 20.8 Å². The Morgan fingerprint density at radius 3 is 2.10 bits per heavy atom. The van der Waals surface area contributed by atoms with Crippen LogP contribution in [0.25, 0.3) is 11.0 Å². The van der Waals surface area contributed by atoms with Crippen LogP contribution in [-0.4, -0.2) is 14.9 Å². The molecule has 0 aliphatic heterocycles. The zero-order chi connectivity index (χ0) is 15.2. The molecule has 0 bridgehead atoms. The standard InChI is InChI=1S/C15H19BrN2O2/c1-8(2)9(3)14(19)10-6-12-13(7-11(10)16)18(5)15(20)17(12)4/h6-9H,1-5H3. The van der Waals surface area contributed by atoms with Gasteiger partial charge in [0, 0.05) is 30.0 Å². The minimum Gasteiger partial charge on any atom is -0.295 e. The molecule has 0 spiro atoms. The van der Waals surface area contributed by atoms with Crippen LogP contribution >= 0.6 is 15.9 Å². The lowest BCUT2D eigenvalue weighted by Gasteiger charge is -2.15. The van der Waals surface area contributed by atoms with Crippen molar-refractivity contribution in [2.24, 2.45) is 25.9 Å².